The third kappa shape index (κ3) is 6.91. The molecule has 4 nitrogen and oxygen atoms in total. The van der Waals surface area contributed by atoms with Crippen LogP contribution in [0.1, 0.15) is 52.9 Å². The fourth-order valence-electron chi connectivity index (χ4n) is 2.37. The molecule has 0 radical (unpaired) electrons. The van der Waals surface area contributed by atoms with Gasteiger partial charge in [0.05, 0.1) is 12.2 Å². The Labute approximate surface area is 129 Å². The Hall–Kier alpha value is -0.320. The highest BCUT2D eigenvalue weighted by Gasteiger charge is 2.23. The summed E-state index contributed by atoms with van der Waals surface area (Å²) >= 11 is 0. The van der Waals surface area contributed by atoms with Gasteiger partial charge in [-0.15, -0.1) is 12.4 Å². The number of amides is 1. The van der Waals surface area contributed by atoms with E-state index in [9.17, 15) is 4.79 Å². The molecule has 0 aromatic heterocycles. The fraction of sp³-hybridized carbons (Fsp3) is 0.933. The third-order valence-electron chi connectivity index (χ3n) is 4.08. The van der Waals surface area contributed by atoms with Gasteiger partial charge in [0, 0.05) is 26.1 Å². The van der Waals surface area contributed by atoms with Crippen LogP contribution in [-0.4, -0.2) is 42.6 Å². The van der Waals surface area contributed by atoms with Crippen LogP contribution in [0.4, 0.5) is 0 Å². The first kappa shape index (κ1) is 19.7. The summed E-state index contributed by atoms with van der Waals surface area (Å²) in [5.41, 5.74) is 6.00. The van der Waals surface area contributed by atoms with Gasteiger partial charge < -0.3 is 15.4 Å². The van der Waals surface area contributed by atoms with E-state index < -0.39 is 0 Å². The van der Waals surface area contributed by atoms with Crippen LogP contribution in [0.15, 0.2) is 0 Å². The van der Waals surface area contributed by atoms with Crippen molar-refractivity contribution in [3.63, 3.8) is 0 Å². The number of nitrogens with zero attached hydrogens (tertiary/aromatic N) is 1. The van der Waals surface area contributed by atoms with E-state index >= 15 is 0 Å². The van der Waals surface area contributed by atoms with Crippen LogP contribution in [0.2, 0.25) is 0 Å². The Morgan fingerprint density at radius 2 is 2.05 bits per heavy atom. The molecule has 0 aromatic carbocycles. The first-order chi connectivity index (χ1) is 8.90. The van der Waals surface area contributed by atoms with Crippen molar-refractivity contribution in [2.24, 2.45) is 11.7 Å². The van der Waals surface area contributed by atoms with Gasteiger partial charge in [-0.1, -0.05) is 13.8 Å². The van der Waals surface area contributed by atoms with Gasteiger partial charge in [0.15, 0.2) is 0 Å². The average Bonchev–Trinajstić information content (AvgIpc) is 2.78. The smallest absolute Gasteiger partial charge is 0.222 e. The van der Waals surface area contributed by atoms with Crippen LogP contribution >= 0.6 is 12.4 Å². The lowest BCUT2D eigenvalue weighted by atomic mass is 10.0. The van der Waals surface area contributed by atoms with Gasteiger partial charge in [-0.2, -0.15) is 0 Å². The topological polar surface area (TPSA) is 55.6 Å². The standard InChI is InChI=1S/C15H30N2O2.ClH/c1-11(2)14(16)9-10-17(4)15(18)8-7-13-6-5-12(3)19-13;/h11-14H,5-10,16H2,1-4H3;1H. The number of rotatable bonds is 7. The quantitative estimate of drug-likeness (QED) is 0.786. The molecule has 3 unspecified atom stereocenters. The van der Waals surface area contributed by atoms with Crippen LogP contribution in [0, 0.1) is 5.92 Å². The largest absolute Gasteiger partial charge is 0.375 e. The molecule has 1 heterocycles. The number of carbonyl (C=O) groups is 1. The molecule has 120 valence electrons. The van der Waals surface area contributed by atoms with Crippen molar-refractivity contribution in [1.29, 1.82) is 0 Å². The first-order valence-corrected chi connectivity index (χ1v) is 7.55. The summed E-state index contributed by atoms with van der Waals surface area (Å²) in [5, 5.41) is 0. The van der Waals surface area contributed by atoms with Crippen LogP contribution < -0.4 is 5.73 Å². The highest BCUT2D eigenvalue weighted by atomic mass is 35.5. The van der Waals surface area contributed by atoms with Crippen molar-refractivity contribution < 1.29 is 9.53 Å². The molecule has 0 bridgehead atoms. The molecule has 1 aliphatic heterocycles. The Morgan fingerprint density at radius 3 is 2.55 bits per heavy atom. The molecule has 20 heavy (non-hydrogen) atoms. The summed E-state index contributed by atoms with van der Waals surface area (Å²) in [7, 11) is 1.87. The third-order valence-corrected chi connectivity index (χ3v) is 4.08. The lowest BCUT2D eigenvalue weighted by Gasteiger charge is -2.22. The second-order valence-electron chi connectivity index (χ2n) is 6.20. The van der Waals surface area contributed by atoms with Crippen LogP contribution in [0.25, 0.3) is 0 Å². The summed E-state index contributed by atoms with van der Waals surface area (Å²) in [6, 6.07) is 0.175. The van der Waals surface area contributed by atoms with Crippen LogP contribution in [0.3, 0.4) is 0 Å². The highest BCUT2D eigenvalue weighted by Crippen LogP contribution is 2.22. The Kier molecular flexibility index (Phi) is 9.43. The van der Waals surface area contributed by atoms with Gasteiger partial charge in [0.25, 0.3) is 0 Å². The summed E-state index contributed by atoms with van der Waals surface area (Å²) in [6.45, 7) is 7.08. The van der Waals surface area contributed by atoms with Gasteiger partial charge in [0.1, 0.15) is 0 Å². The lowest BCUT2D eigenvalue weighted by Crippen LogP contribution is -2.34. The molecule has 1 fully saturated rings. The zero-order chi connectivity index (χ0) is 14.4. The molecule has 2 N–H and O–H groups in total. The van der Waals surface area contributed by atoms with Crippen LogP contribution in [-0.2, 0) is 9.53 Å². The normalized spacial score (nSPS) is 23.5. The summed E-state index contributed by atoms with van der Waals surface area (Å²) in [5.74, 6) is 0.677. The van der Waals surface area contributed by atoms with Gasteiger partial charge in [0.2, 0.25) is 5.91 Å². The first-order valence-electron chi connectivity index (χ1n) is 7.55. The van der Waals surface area contributed by atoms with Crippen molar-refractivity contribution in [2.75, 3.05) is 13.6 Å². The average molecular weight is 307 g/mol. The minimum Gasteiger partial charge on any atom is -0.375 e. The van der Waals surface area contributed by atoms with Crippen LogP contribution in [0.5, 0.6) is 0 Å². The number of carbonyl (C=O) groups excluding carboxylic acids is 1. The Bertz CT molecular complexity index is 287. The maximum absolute atomic E-state index is 12.0. The number of hydrogen-bond acceptors (Lipinski definition) is 3. The molecule has 5 heteroatoms. The van der Waals surface area contributed by atoms with E-state index in [1.165, 1.54) is 0 Å². The van der Waals surface area contributed by atoms with E-state index in [1.54, 1.807) is 4.90 Å². The number of halogens is 1. The van der Waals surface area contributed by atoms with E-state index in [2.05, 4.69) is 20.8 Å². The molecule has 3 atom stereocenters. The lowest BCUT2D eigenvalue weighted by molar-refractivity contribution is -0.130. The van der Waals surface area contributed by atoms with E-state index in [-0.39, 0.29) is 30.5 Å². The fourth-order valence-corrected chi connectivity index (χ4v) is 2.37. The number of ether oxygens (including phenoxy) is 1. The van der Waals surface area contributed by atoms with Crippen molar-refractivity contribution in [1.82, 2.24) is 4.90 Å². The van der Waals surface area contributed by atoms with Crippen molar-refractivity contribution in [3.8, 4) is 0 Å². The van der Waals surface area contributed by atoms with Crippen molar-refractivity contribution >= 4 is 18.3 Å². The van der Waals surface area contributed by atoms with E-state index in [1.807, 2.05) is 7.05 Å². The van der Waals surface area contributed by atoms with E-state index in [4.69, 9.17) is 10.5 Å². The Balaban J connectivity index is 0.00000361. The molecule has 1 amide bonds. The second-order valence-corrected chi connectivity index (χ2v) is 6.20. The zero-order valence-electron chi connectivity index (χ0n) is 13.3. The molecule has 1 saturated heterocycles. The number of hydrogen-bond donors (Lipinski definition) is 1. The van der Waals surface area contributed by atoms with Gasteiger partial charge >= 0.3 is 0 Å². The second kappa shape index (κ2) is 9.59. The Morgan fingerprint density at radius 1 is 1.40 bits per heavy atom. The predicted octanol–water partition coefficient (Wildman–Crippen LogP) is 2.59. The predicted molar refractivity (Wildman–Crippen MR) is 85.1 cm³/mol. The summed E-state index contributed by atoms with van der Waals surface area (Å²) < 4.78 is 5.73. The van der Waals surface area contributed by atoms with E-state index in [0.29, 0.717) is 18.4 Å². The molecular weight excluding hydrogens is 276 g/mol. The monoisotopic (exact) mass is 306 g/mol. The maximum Gasteiger partial charge on any atom is 0.222 e. The zero-order valence-corrected chi connectivity index (χ0v) is 14.1. The summed E-state index contributed by atoms with van der Waals surface area (Å²) in [6.07, 6.45) is 5.17. The van der Waals surface area contributed by atoms with Gasteiger partial charge in [-0.25, -0.2) is 0 Å². The molecular formula is C15H31ClN2O2. The molecule has 1 aliphatic rings. The van der Waals surface area contributed by atoms with Crippen molar-refractivity contribution in [3.05, 3.63) is 0 Å². The van der Waals surface area contributed by atoms with Gasteiger partial charge in [-0.05, 0) is 38.5 Å². The molecule has 0 aliphatic carbocycles. The van der Waals surface area contributed by atoms with Crippen molar-refractivity contribution in [2.45, 2.75) is 71.1 Å². The molecule has 0 aromatic rings. The summed E-state index contributed by atoms with van der Waals surface area (Å²) in [4.78, 5) is 13.8. The highest BCUT2D eigenvalue weighted by molar-refractivity contribution is 5.85. The molecule has 0 saturated carbocycles. The minimum absolute atomic E-state index is 0. The molecule has 0 spiro atoms. The minimum atomic E-state index is 0. The van der Waals surface area contributed by atoms with Gasteiger partial charge in [-0.3, -0.25) is 4.79 Å². The maximum atomic E-state index is 12.0. The van der Waals surface area contributed by atoms with E-state index in [0.717, 1.165) is 32.2 Å². The number of nitrogens with two attached hydrogens (primary N) is 1. The molecule has 1 rings (SSSR count). The SMILES string of the molecule is CC1CCC(CCC(=O)N(C)CCC(N)C(C)C)O1.Cl.